The smallest absolute Gasteiger partial charge is 0.237 e. The molecule has 1 aromatic heterocycles. The number of amides is 1. The van der Waals surface area contributed by atoms with Gasteiger partial charge in [0.05, 0.1) is 31.9 Å². The van der Waals surface area contributed by atoms with E-state index in [1.54, 1.807) is 24.5 Å². The standard InChI is InChI=1S/C26H36N2O5S/c1-3-14-32-19-21(29)17-27(12-7-15-31-2)18-26(30)28-13-10-25-23(11-16-34-25)24(28)20-33-22-8-5-4-6-9-22/h3-6,8-9,11,16,21,24,29H,1,7,10,12-15,17-20H2,2H3/t21-,24-/m1/s1. The molecule has 0 saturated carbocycles. The van der Waals surface area contributed by atoms with Crippen LogP contribution >= 0.6 is 11.3 Å². The van der Waals surface area contributed by atoms with Gasteiger partial charge >= 0.3 is 0 Å². The van der Waals surface area contributed by atoms with E-state index >= 15 is 0 Å². The number of nitrogens with zero attached hydrogens (tertiary/aromatic N) is 2. The van der Waals surface area contributed by atoms with Crippen LogP contribution in [0.25, 0.3) is 0 Å². The van der Waals surface area contributed by atoms with Crippen molar-refractivity contribution in [1.29, 1.82) is 0 Å². The summed E-state index contributed by atoms with van der Waals surface area (Å²) in [7, 11) is 1.66. The number of hydrogen-bond donors (Lipinski definition) is 1. The Morgan fingerprint density at radius 2 is 2.18 bits per heavy atom. The average Bonchev–Trinajstić information content (AvgIpc) is 3.32. The number of hydrogen-bond acceptors (Lipinski definition) is 7. The Balaban J connectivity index is 1.66. The molecule has 0 spiro atoms. The molecule has 34 heavy (non-hydrogen) atoms. The SMILES string of the molecule is C=CCOC[C@H](O)CN(CCCOC)CC(=O)N1CCc2sccc2[C@H]1COc1ccccc1. The first-order valence-corrected chi connectivity index (χ1v) is 12.6. The fourth-order valence-electron chi connectivity index (χ4n) is 4.15. The molecule has 3 rings (SSSR count). The van der Waals surface area contributed by atoms with Crippen LogP contribution in [0.15, 0.2) is 54.4 Å². The summed E-state index contributed by atoms with van der Waals surface area (Å²) in [6.45, 7) is 7.11. The average molecular weight is 489 g/mol. The van der Waals surface area contributed by atoms with Crippen molar-refractivity contribution < 1.29 is 24.1 Å². The molecule has 0 bridgehead atoms. The molecule has 2 aromatic rings. The number of ether oxygens (including phenoxy) is 3. The van der Waals surface area contributed by atoms with E-state index in [2.05, 4.69) is 18.0 Å². The maximum absolute atomic E-state index is 13.5. The number of thiophene rings is 1. The lowest BCUT2D eigenvalue weighted by Crippen LogP contribution is -2.48. The molecule has 7 nitrogen and oxygen atoms in total. The van der Waals surface area contributed by atoms with Crippen molar-refractivity contribution in [2.75, 3.05) is 59.7 Å². The Morgan fingerprint density at radius 3 is 2.94 bits per heavy atom. The van der Waals surface area contributed by atoms with E-state index < -0.39 is 6.10 Å². The van der Waals surface area contributed by atoms with Gasteiger partial charge in [-0.1, -0.05) is 24.3 Å². The predicted molar refractivity (Wildman–Crippen MR) is 134 cm³/mol. The molecule has 186 valence electrons. The zero-order chi connectivity index (χ0) is 24.2. The lowest BCUT2D eigenvalue weighted by atomic mass is 10.0. The normalized spacial score (nSPS) is 16.3. The summed E-state index contributed by atoms with van der Waals surface area (Å²) in [5.74, 6) is 0.830. The minimum atomic E-state index is -0.683. The summed E-state index contributed by atoms with van der Waals surface area (Å²) >= 11 is 1.74. The number of carbonyl (C=O) groups excluding carboxylic acids is 1. The summed E-state index contributed by atoms with van der Waals surface area (Å²) in [4.78, 5) is 18.7. The van der Waals surface area contributed by atoms with E-state index in [-0.39, 0.29) is 25.1 Å². The van der Waals surface area contributed by atoms with E-state index in [4.69, 9.17) is 14.2 Å². The third-order valence-electron chi connectivity index (χ3n) is 5.76. The number of carbonyl (C=O) groups is 1. The Hall–Kier alpha value is -2.23. The summed E-state index contributed by atoms with van der Waals surface area (Å²) < 4.78 is 16.6. The second-order valence-corrected chi connectivity index (χ2v) is 9.34. The molecular formula is C26H36N2O5S. The minimum absolute atomic E-state index is 0.0372. The lowest BCUT2D eigenvalue weighted by molar-refractivity contribution is -0.136. The van der Waals surface area contributed by atoms with Crippen LogP contribution in [0.2, 0.25) is 0 Å². The first-order chi connectivity index (χ1) is 16.6. The molecule has 1 amide bonds. The maximum atomic E-state index is 13.5. The summed E-state index contributed by atoms with van der Waals surface area (Å²) in [6.07, 6.45) is 2.60. The van der Waals surface area contributed by atoms with Gasteiger partial charge in [0.15, 0.2) is 0 Å². The number of para-hydroxylation sites is 1. The Kier molecular flexibility index (Phi) is 11.0. The van der Waals surface area contributed by atoms with Gasteiger partial charge in [-0.15, -0.1) is 17.9 Å². The van der Waals surface area contributed by atoms with Crippen LogP contribution < -0.4 is 4.74 Å². The van der Waals surface area contributed by atoms with Crippen molar-refractivity contribution in [3.63, 3.8) is 0 Å². The van der Waals surface area contributed by atoms with Crippen LogP contribution in [0.5, 0.6) is 5.75 Å². The van der Waals surface area contributed by atoms with Crippen molar-refractivity contribution in [3.8, 4) is 5.75 Å². The molecule has 0 saturated heterocycles. The zero-order valence-electron chi connectivity index (χ0n) is 19.9. The van der Waals surface area contributed by atoms with Gasteiger partial charge in [-0.05, 0) is 42.0 Å². The van der Waals surface area contributed by atoms with E-state index in [1.165, 1.54) is 10.4 Å². The first-order valence-electron chi connectivity index (χ1n) is 11.7. The van der Waals surface area contributed by atoms with Gasteiger partial charge in [0.2, 0.25) is 5.91 Å². The minimum Gasteiger partial charge on any atom is -0.491 e. The van der Waals surface area contributed by atoms with Crippen LogP contribution in [-0.4, -0.2) is 86.6 Å². The van der Waals surface area contributed by atoms with Gasteiger partial charge in [0.1, 0.15) is 12.4 Å². The maximum Gasteiger partial charge on any atom is 0.237 e. The predicted octanol–water partition coefficient (Wildman–Crippen LogP) is 3.15. The highest BCUT2D eigenvalue weighted by molar-refractivity contribution is 7.10. The monoisotopic (exact) mass is 488 g/mol. The Bertz CT molecular complexity index is 875. The molecule has 1 aromatic carbocycles. The highest BCUT2D eigenvalue weighted by Gasteiger charge is 2.33. The van der Waals surface area contributed by atoms with Gasteiger partial charge < -0.3 is 24.2 Å². The fourth-order valence-corrected chi connectivity index (χ4v) is 5.08. The van der Waals surface area contributed by atoms with Crippen molar-refractivity contribution >= 4 is 17.2 Å². The second kappa shape index (κ2) is 14.2. The van der Waals surface area contributed by atoms with Gasteiger partial charge in [-0.2, -0.15) is 0 Å². The third kappa shape index (κ3) is 7.92. The Morgan fingerprint density at radius 1 is 1.35 bits per heavy atom. The van der Waals surface area contributed by atoms with Crippen molar-refractivity contribution in [2.24, 2.45) is 0 Å². The van der Waals surface area contributed by atoms with Crippen LogP contribution in [-0.2, 0) is 20.7 Å². The van der Waals surface area contributed by atoms with E-state index in [1.807, 2.05) is 40.1 Å². The van der Waals surface area contributed by atoms with Gasteiger partial charge in [0, 0.05) is 38.2 Å². The number of rotatable bonds is 15. The van der Waals surface area contributed by atoms with E-state index in [0.29, 0.717) is 39.5 Å². The number of benzene rings is 1. The molecule has 2 heterocycles. The van der Waals surface area contributed by atoms with Crippen molar-refractivity contribution in [3.05, 3.63) is 64.9 Å². The molecule has 2 atom stereocenters. The first kappa shape index (κ1) is 26.4. The van der Waals surface area contributed by atoms with E-state index in [0.717, 1.165) is 18.6 Å². The summed E-state index contributed by atoms with van der Waals surface area (Å²) in [5.41, 5.74) is 1.17. The van der Waals surface area contributed by atoms with Gasteiger partial charge in [0.25, 0.3) is 0 Å². The van der Waals surface area contributed by atoms with Gasteiger partial charge in [-0.3, -0.25) is 9.69 Å². The third-order valence-corrected chi connectivity index (χ3v) is 6.76. The van der Waals surface area contributed by atoms with Crippen molar-refractivity contribution in [2.45, 2.75) is 25.0 Å². The quantitative estimate of drug-likeness (QED) is 0.307. The fraction of sp³-hybridized carbons (Fsp3) is 0.500. The molecular weight excluding hydrogens is 452 g/mol. The molecule has 0 radical (unpaired) electrons. The van der Waals surface area contributed by atoms with Crippen LogP contribution in [0.4, 0.5) is 0 Å². The highest BCUT2D eigenvalue weighted by atomic mass is 32.1. The highest BCUT2D eigenvalue weighted by Crippen LogP contribution is 2.34. The molecule has 8 heteroatoms. The number of aliphatic hydroxyl groups excluding tert-OH is 1. The van der Waals surface area contributed by atoms with Crippen LogP contribution in [0.3, 0.4) is 0 Å². The van der Waals surface area contributed by atoms with Crippen LogP contribution in [0.1, 0.15) is 22.9 Å². The number of methoxy groups -OCH3 is 1. The van der Waals surface area contributed by atoms with Gasteiger partial charge in [-0.25, -0.2) is 0 Å². The largest absolute Gasteiger partial charge is 0.491 e. The molecule has 1 N–H and O–H groups in total. The molecule has 0 unspecified atom stereocenters. The number of fused-ring (bicyclic) bond motifs is 1. The van der Waals surface area contributed by atoms with E-state index in [9.17, 15) is 9.90 Å². The van der Waals surface area contributed by atoms with Crippen LogP contribution in [0, 0.1) is 0 Å². The summed E-state index contributed by atoms with van der Waals surface area (Å²) in [6, 6.07) is 11.7. The second-order valence-electron chi connectivity index (χ2n) is 8.34. The molecule has 1 aliphatic rings. The molecule has 1 aliphatic heterocycles. The zero-order valence-corrected chi connectivity index (χ0v) is 20.8. The summed E-state index contributed by atoms with van der Waals surface area (Å²) in [5, 5.41) is 12.5. The lowest BCUT2D eigenvalue weighted by Gasteiger charge is -2.37. The number of aliphatic hydroxyl groups is 1. The Labute approximate surface area is 206 Å². The molecule has 0 aliphatic carbocycles. The molecule has 0 fully saturated rings. The van der Waals surface area contributed by atoms with Crippen molar-refractivity contribution in [1.82, 2.24) is 9.80 Å². The topological polar surface area (TPSA) is 71.5 Å².